The van der Waals surface area contributed by atoms with Crippen LogP contribution in [0.5, 0.6) is 5.75 Å². The van der Waals surface area contributed by atoms with Crippen molar-refractivity contribution in [2.24, 2.45) is 0 Å². The molecule has 7 heteroatoms. The Bertz CT molecular complexity index is 1130. The van der Waals surface area contributed by atoms with Gasteiger partial charge in [0.2, 0.25) is 5.91 Å². The van der Waals surface area contributed by atoms with Gasteiger partial charge >= 0.3 is 5.97 Å². The highest BCUT2D eigenvalue weighted by Gasteiger charge is 2.25. The molecule has 33 heavy (non-hydrogen) atoms. The summed E-state index contributed by atoms with van der Waals surface area (Å²) in [5.41, 5.74) is 3.52. The summed E-state index contributed by atoms with van der Waals surface area (Å²) in [6.45, 7) is 13.0. The molecule has 2 aromatic carbocycles. The van der Waals surface area contributed by atoms with E-state index in [0.717, 1.165) is 52.2 Å². The van der Waals surface area contributed by atoms with Crippen molar-refractivity contribution in [1.29, 1.82) is 0 Å². The highest BCUT2D eigenvalue weighted by molar-refractivity contribution is 7.24. The lowest BCUT2D eigenvalue weighted by Gasteiger charge is -2.19. The number of carbonyl (C=O) groups is 2. The van der Waals surface area contributed by atoms with Gasteiger partial charge in [-0.25, -0.2) is 4.79 Å². The summed E-state index contributed by atoms with van der Waals surface area (Å²) in [7, 11) is 0. The number of hydrogen-bond donors (Lipinski definition) is 1. The van der Waals surface area contributed by atoms with E-state index in [1.54, 1.807) is 6.92 Å². The van der Waals surface area contributed by atoms with Gasteiger partial charge in [0, 0.05) is 24.4 Å². The van der Waals surface area contributed by atoms with Crippen LogP contribution in [0, 0.1) is 6.92 Å². The topological polar surface area (TPSA) is 67.9 Å². The molecule has 0 aliphatic carbocycles. The molecule has 1 aromatic heterocycles. The second-order valence-corrected chi connectivity index (χ2v) is 8.79. The normalized spacial score (nSPS) is 11.1. The zero-order chi connectivity index (χ0) is 24.0. The van der Waals surface area contributed by atoms with Gasteiger partial charge in [0.05, 0.1) is 11.3 Å². The van der Waals surface area contributed by atoms with Crippen LogP contribution in [-0.4, -0.2) is 49.6 Å². The molecule has 0 aliphatic rings. The van der Waals surface area contributed by atoms with Crippen LogP contribution >= 0.6 is 11.3 Å². The lowest BCUT2D eigenvalue weighted by Crippen LogP contribution is -2.28. The van der Waals surface area contributed by atoms with Gasteiger partial charge in [-0.05, 0) is 38.6 Å². The minimum absolute atomic E-state index is 0.241. The fourth-order valence-electron chi connectivity index (χ4n) is 3.79. The summed E-state index contributed by atoms with van der Waals surface area (Å²) in [5.74, 6) is 0.0253. The maximum atomic E-state index is 12.8. The minimum atomic E-state index is -0.454. The number of aryl methyl sites for hydroxylation is 1. The van der Waals surface area contributed by atoms with Gasteiger partial charge < -0.3 is 19.7 Å². The number of benzene rings is 2. The fourth-order valence-corrected chi connectivity index (χ4v) is 5.03. The fraction of sp³-hybridized carbons (Fsp3) is 0.385. The van der Waals surface area contributed by atoms with Gasteiger partial charge in [0.1, 0.15) is 22.9 Å². The number of fused-ring (bicyclic) bond motifs is 1. The van der Waals surface area contributed by atoms with Crippen molar-refractivity contribution in [1.82, 2.24) is 4.90 Å². The van der Waals surface area contributed by atoms with Crippen molar-refractivity contribution in [3.05, 3.63) is 47.5 Å². The number of hydrogen-bond acceptors (Lipinski definition) is 6. The Kier molecular flexibility index (Phi) is 8.47. The SMILES string of the molecule is CCOC(=O)c1c(NC(C)=O)sc2c(OCCN(CC)CC)c(-c3cccc(C)c3)ccc12. The van der Waals surface area contributed by atoms with Gasteiger partial charge in [0.15, 0.2) is 0 Å². The monoisotopic (exact) mass is 468 g/mol. The molecule has 0 saturated carbocycles. The van der Waals surface area contributed by atoms with E-state index in [0.29, 0.717) is 17.2 Å². The average molecular weight is 469 g/mol. The Morgan fingerprint density at radius 2 is 1.85 bits per heavy atom. The first kappa shape index (κ1) is 24.7. The largest absolute Gasteiger partial charge is 0.490 e. The average Bonchev–Trinajstić information content (AvgIpc) is 3.14. The Hall–Kier alpha value is -2.90. The Labute approximate surface area is 199 Å². The van der Waals surface area contributed by atoms with Gasteiger partial charge in [-0.3, -0.25) is 4.79 Å². The summed E-state index contributed by atoms with van der Waals surface area (Å²) in [6.07, 6.45) is 0. The van der Waals surface area contributed by atoms with Crippen molar-refractivity contribution in [2.45, 2.75) is 34.6 Å². The van der Waals surface area contributed by atoms with Crippen LogP contribution in [0.25, 0.3) is 21.2 Å². The zero-order valence-corrected chi connectivity index (χ0v) is 20.8. The maximum Gasteiger partial charge on any atom is 0.341 e. The van der Waals surface area contributed by atoms with Crippen LogP contribution < -0.4 is 10.1 Å². The highest BCUT2D eigenvalue weighted by Crippen LogP contribution is 2.46. The van der Waals surface area contributed by atoms with Crippen molar-refractivity contribution in [3.8, 4) is 16.9 Å². The van der Waals surface area contributed by atoms with E-state index in [4.69, 9.17) is 9.47 Å². The van der Waals surface area contributed by atoms with Crippen LogP contribution in [0.4, 0.5) is 5.00 Å². The molecule has 1 N–H and O–H groups in total. The molecule has 1 amide bonds. The zero-order valence-electron chi connectivity index (χ0n) is 20.0. The molecule has 176 valence electrons. The van der Waals surface area contributed by atoms with Crippen molar-refractivity contribution < 1.29 is 19.1 Å². The van der Waals surface area contributed by atoms with Gasteiger partial charge in [-0.15, -0.1) is 11.3 Å². The lowest BCUT2D eigenvalue weighted by molar-refractivity contribution is -0.114. The number of nitrogens with zero attached hydrogens (tertiary/aromatic N) is 1. The molecule has 0 spiro atoms. The van der Waals surface area contributed by atoms with E-state index in [1.807, 2.05) is 18.2 Å². The first-order chi connectivity index (χ1) is 15.9. The third-order valence-corrected chi connectivity index (χ3v) is 6.58. The molecule has 0 fully saturated rings. The second kappa shape index (κ2) is 11.3. The Morgan fingerprint density at radius 1 is 1.09 bits per heavy atom. The molecule has 0 atom stereocenters. The molecule has 3 rings (SSSR count). The summed E-state index contributed by atoms with van der Waals surface area (Å²) in [4.78, 5) is 27.0. The lowest BCUT2D eigenvalue weighted by atomic mass is 10.0. The van der Waals surface area contributed by atoms with Gasteiger partial charge in [-0.1, -0.05) is 49.7 Å². The van der Waals surface area contributed by atoms with Crippen LogP contribution in [0.2, 0.25) is 0 Å². The van der Waals surface area contributed by atoms with E-state index >= 15 is 0 Å². The van der Waals surface area contributed by atoms with Gasteiger partial charge in [-0.2, -0.15) is 0 Å². The smallest absolute Gasteiger partial charge is 0.341 e. The molecule has 0 unspecified atom stereocenters. The molecule has 0 bridgehead atoms. The molecule has 0 radical (unpaired) electrons. The summed E-state index contributed by atoms with van der Waals surface area (Å²) in [6, 6.07) is 12.2. The first-order valence-corrected chi connectivity index (χ1v) is 12.2. The third kappa shape index (κ3) is 5.72. The molecular formula is C26H32N2O4S. The number of esters is 1. The quantitative estimate of drug-likeness (QED) is 0.385. The Balaban J connectivity index is 2.17. The predicted molar refractivity (Wildman–Crippen MR) is 136 cm³/mol. The third-order valence-electron chi connectivity index (χ3n) is 5.46. The van der Waals surface area contributed by atoms with Crippen molar-refractivity contribution >= 4 is 38.3 Å². The van der Waals surface area contributed by atoms with E-state index in [2.05, 4.69) is 49.2 Å². The molecule has 6 nitrogen and oxygen atoms in total. The number of carbonyl (C=O) groups excluding carboxylic acids is 2. The number of nitrogens with one attached hydrogen (secondary N) is 1. The number of amides is 1. The summed E-state index contributed by atoms with van der Waals surface area (Å²) >= 11 is 1.35. The number of rotatable bonds is 10. The molecule has 3 aromatic rings. The number of likely N-dealkylation sites (N-methyl/N-ethyl adjacent to an activating group) is 1. The van der Waals surface area contributed by atoms with Crippen LogP contribution in [0.1, 0.15) is 43.6 Å². The molecule has 0 aliphatic heterocycles. The number of ether oxygens (including phenoxy) is 2. The van der Waals surface area contributed by atoms with Crippen LogP contribution in [-0.2, 0) is 9.53 Å². The van der Waals surface area contributed by atoms with E-state index < -0.39 is 5.97 Å². The summed E-state index contributed by atoms with van der Waals surface area (Å²) in [5, 5.41) is 4.00. The Morgan fingerprint density at radius 3 is 2.48 bits per heavy atom. The number of anilines is 1. The minimum Gasteiger partial charge on any atom is -0.490 e. The molecule has 1 heterocycles. The molecule has 0 saturated heterocycles. The van der Waals surface area contributed by atoms with E-state index in [9.17, 15) is 9.59 Å². The van der Waals surface area contributed by atoms with Gasteiger partial charge in [0.25, 0.3) is 0 Å². The summed E-state index contributed by atoms with van der Waals surface area (Å²) < 4.78 is 12.5. The first-order valence-electron chi connectivity index (χ1n) is 11.4. The van der Waals surface area contributed by atoms with Crippen molar-refractivity contribution in [2.75, 3.05) is 38.2 Å². The van der Waals surface area contributed by atoms with Crippen molar-refractivity contribution in [3.63, 3.8) is 0 Å². The second-order valence-electron chi connectivity index (χ2n) is 7.77. The predicted octanol–water partition coefficient (Wildman–Crippen LogP) is 5.73. The van der Waals surface area contributed by atoms with Crippen LogP contribution in [0.3, 0.4) is 0 Å². The molecular weight excluding hydrogens is 436 g/mol. The standard InChI is InChI=1S/C26H32N2O4S/c1-6-28(7-2)14-15-32-23-20(19-11-9-10-17(4)16-19)12-13-21-22(26(30)31-8-3)25(27-18(5)29)33-24(21)23/h9-13,16H,6-8,14-15H2,1-5H3,(H,27,29). The highest BCUT2D eigenvalue weighted by atomic mass is 32.1. The maximum absolute atomic E-state index is 12.8. The number of thiophene rings is 1. The van der Waals surface area contributed by atoms with E-state index in [-0.39, 0.29) is 12.5 Å². The van der Waals surface area contributed by atoms with Crippen LogP contribution in [0.15, 0.2) is 36.4 Å². The van der Waals surface area contributed by atoms with E-state index in [1.165, 1.54) is 18.3 Å².